The lowest BCUT2D eigenvalue weighted by Gasteiger charge is -2.15. The van der Waals surface area contributed by atoms with E-state index in [0.29, 0.717) is 5.92 Å². The van der Waals surface area contributed by atoms with Gasteiger partial charge >= 0.3 is 0 Å². The van der Waals surface area contributed by atoms with Crippen molar-refractivity contribution in [2.75, 3.05) is 5.73 Å². The Morgan fingerprint density at radius 1 is 1.14 bits per heavy atom. The molecule has 0 aliphatic heterocycles. The van der Waals surface area contributed by atoms with Crippen molar-refractivity contribution in [1.29, 1.82) is 0 Å². The largest absolute Gasteiger partial charge is 0.396 e. The van der Waals surface area contributed by atoms with Crippen LogP contribution in [0.1, 0.15) is 39.7 Å². The van der Waals surface area contributed by atoms with E-state index in [1.807, 2.05) is 6.92 Å². The van der Waals surface area contributed by atoms with Gasteiger partial charge in [-0.25, -0.2) is 13.5 Å². The fourth-order valence-corrected chi connectivity index (χ4v) is 2.10. The predicted molar refractivity (Wildman–Crippen MR) is 76.4 cm³/mol. The molecule has 0 amide bonds. The lowest BCUT2D eigenvalue weighted by molar-refractivity contribution is 0.406. The third-order valence-corrected chi connectivity index (χ3v) is 3.40. The van der Waals surface area contributed by atoms with Crippen LogP contribution in [0.4, 0.5) is 14.5 Å². The average molecular weight is 295 g/mol. The number of benzene rings is 1. The standard InChI is InChI=1S/C14H19F2N5/c1-8(2)4-5-9(3)21-14(18-19-20-21)10-6-13(17)12(16)7-11(10)15/h6-9H,4-5,17H2,1-3H3. The monoisotopic (exact) mass is 295 g/mol. The second-order valence-corrected chi connectivity index (χ2v) is 5.62. The van der Waals surface area contributed by atoms with Gasteiger partial charge in [-0.05, 0) is 42.2 Å². The van der Waals surface area contributed by atoms with E-state index in [1.165, 1.54) is 6.07 Å². The molecule has 7 heteroatoms. The minimum Gasteiger partial charge on any atom is -0.396 e. The molecule has 0 bridgehead atoms. The van der Waals surface area contributed by atoms with E-state index in [1.54, 1.807) is 4.68 Å². The van der Waals surface area contributed by atoms with Gasteiger partial charge in [0, 0.05) is 6.07 Å². The third kappa shape index (κ3) is 3.34. The van der Waals surface area contributed by atoms with Crippen LogP contribution in [0.5, 0.6) is 0 Å². The SMILES string of the molecule is CC(C)CCC(C)n1nnnc1-c1cc(N)c(F)cc1F. The Morgan fingerprint density at radius 3 is 2.52 bits per heavy atom. The molecule has 2 rings (SSSR count). The van der Waals surface area contributed by atoms with E-state index >= 15 is 0 Å². The maximum absolute atomic E-state index is 13.9. The molecule has 0 saturated carbocycles. The molecule has 0 fully saturated rings. The minimum absolute atomic E-state index is 0.0167. The van der Waals surface area contributed by atoms with Gasteiger partial charge in [0.25, 0.3) is 0 Å². The number of nitrogens with zero attached hydrogens (tertiary/aromatic N) is 4. The second kappa shape index (κ2) is 6.15. The average Bonchev–Trinajstić information content (AvgIpc) is 2.89. The van der Waals surface area contributed by atoms with Crippen molar-refractivity contribution in [3.05, 3.63) is 23.8 Å². The molecule has 0 saturated heterocycles. The molecule has 2 aromatic rings. The Bertz CT molecular complexity index is 624. The zero-order valence-corrected chi connectivity index (χ0v) is 12.3. The Kier molecular flexibility index (Phi) is 4.50. The number of rotatable bonds is 5. The van der Waals surface area contributed by atoms with Gasteiger partial charge in [0.05, 0.1) is 17.3 Å². The van der Waals surface area contributed by atoms with E-state index in [9.17, 15) is 8.78 Å². The zero-order valence-electron chi connectivity index (χ0n) is 12.3. The maximum atomic E-state index is 13.9. The van der Waals surface area contributed by atoms with Gasteiger partial charge in [-0.3, -0.25) is 0 Å². The summed E-state index contributed by atoms with van der Waals surface area (Å²) in [6, 6.07) is 1.99. The Labute approximate surface area is 122 Å². The second-order valence-electron chi connectivity index (χ2n) is 5.62. The van der Waals surface area contributed by atoms with Gasteiger partial charge in [0.1, 0.15) is 11.6 Å². The number of tetrazole rings is 1. The van der Waals surface area contributed by atoms with Gasteiger partial charge < -0.3 is 5.73 Å². The fourth-order valence-electron chi connectivity index (χ4n) is 2.10. The molecule has 1 unspecified atom stereocenters. The summed E-state index contributed by atoms with van der Waals surface area (Å²) in [5.74, 6) is -0.696. The topological polar surface area (TPSA) is 69.6 Å². The highest BCUT2D eigenvalue weighted by Crippen LogP contribution is 2.27. The van der Waals surface area contributed by atoms with Crippen molar-refractivity contribution in [1.82, 2.24) is 20.2 Å². The summed E-state index contributed by atoms with van der Waals surface area (Å²) in [5.41, 5.74) is 5.48. The van der Waals surface area contributed by atoms with Crippen molar-refractivity contribution in [3.8, 4) is 11.4 Å². The van der Waals surface area contributed by atoms with Gasteiger partial charge in [0.2, 0.25) is 0 Å². The minimum atomic E-state index is -0.789. The highest BCUT2D eigenvalue weighted by molar-refractivity contribution is 5.62. The molecule has 114 valence electrons. The number of aromatic nitrogens is 4. The first-order valence-electron chi connectivity index (χ1n) is 6.93. The first-order chi connectivity index (χ1) is 9.90. The van der Waals surface area contributed by atoms with Crippen LogP contribution in [-0.4, -0.2) is 20.2 Å². The Hall–Kier alpha value is -2.05. The van der Waals surface area contributed by atoms with Crippen LogP contribution in [-0.2, 0) is 0 Å². The van der Waals surface area contributed by atoms with Gasteiger partial charge in [-0.15, -0.1) is 5.10 Å². The highest BCUT2D eigenvalue weighted by atomic mass is 19.1. The summed E-state index contributed by atoms with van der Waals surface area (Å²) in [6.45, 7) is 6.23. The van der Waals surface area contributed by atoms with Crippen LogP contribution in [0.25, 0.3) is 11.4 Å². The van der Waals surface area contributed by atoms with E-state index in [-0.39, 0.29) is 23.1 Å². The van der Waals surface area contributed by atoms with Gasteiger partial charge in [-0.2, -0.15) is 0 Å². The van der Waals surface area contributed by atoms with Crippen LogP contribution in [0, 0.1) is 17.6 Å². The molecule has 1 aromatic carbocycles. The zero-order chi connectivity index (χ0) is 15.6. The molecule has 0 aliphatic rings. The molecule has 21 heavy (non-hydrogen) atoms. The van der Waals surface area contributed by atoms with Crippen LogP contribution in [0.3, 0.4) is 0 Å². The molecule has 0 aliphatic carbocycles. The van der Waals surface area contributed by atoms with E-state index in [0.717, 1.165) is 18.9 Å². The molecule has 1 atom stereocenters. The number of hydrogen-bond donors (Lipinski definition) is 1. The lowest BCUT2D eigenvalue weighted by Crippen LogP contribution is -2.11. The number of anilines is 1. The molecule has 0 radical (unpaired) electrons. The van der Waals surface area contributed by atoms with Crippen molar-refractivity contribution in [3.63, 3.8) is 0 Å². The Morgan fingerprint density at radius 2 is 1.86 bits per heavy atom. The summed E-state index contributed by atoms with van der Waals surface area (Å²) in [4.78, 5) is 0. The molecule has 2 N–H and O–H groups in total. The third-order valence-electron chi connectivity index (χ3n) is 3.40. The summed E-state index contributed by atoms with van der Waals surface area (Å²) < 4.78 is 28.7. The molecule has 1 aromatic heterocycles. The molecule has 0 spiro atoms. The van der Waals surface area contributed by atoms with Crippen molar-refractivity contribution < 1.29 is 8.78 Å². The molecular formula is C14H19F2N5. The van der Waals surface area contributed by atoms with Gasteiger partial charge in [-0.1, -0.05) is 13.8 Å². The molecule has 1 heterocycles. The first-order valence-corrected chi connectivity index (χ1v) is 6.93. The van der Waals surface area contributed by atoms with E-state index in [2.05, 4.69) is 29.4 Å². The smallest absolute Gasteiger partial charge is 0.185 e. The van der Waals surface area contributed by atoms with E-state index in [4.69, 9.17) is 5.73 Å². The Balaban J connectivity index is 2.34. The van der Waals surface area contributed by atoms with Crippen LogP contribution < -0.4 is 5.73 Å². The van der Waals surface area contributed by atoms with Crippen molar-refractivity contribution >= 4 is 5.69 Å². The summed E-state index contributed by atoms with van der Waals surface area (Å²) in [7, 11) is 0. The van der Waals surface area contributed by atoms with E-state index < -0.39 is 11.6 Å². The maximum Gasteiger partial charge on any atom is 0.185 e. The predicted octanol–water partition coefficient (Wildman–Crippen LogP) is 3.20. The normalized spacial score (nSPS) is 12.9. The number of nitrogen functional groups attached to an aromatic ring is 1. The number of halogens is 2. The first kappa shape index (κ1) is 15.3. The van der Waals surface area contributed by atoms with Crippen LogP contribution in [0.2, 0.25) is 0 Å². The van der Waals surface area contributed by atoms with Crippen molar-refractivity contribution in [2.24, 2.45) is 5.92 Å². The van der Waals surface area contributed by atoms with Crippen molar-refractivity contribution in [2.45, 2.75) is 39.7 Å². The summed E-state index contributed by atoms with van der Waals surface area (Å²) in [6.07, 6.45) is 1.88. The summed E-state index contributed by atoms with van der Waals surface area (Å²) in [5, 5.41) is 11.4. The van der Waals surface area contributed by atoms with Crippen LogP contribution in [0.15, 0.2) is 12.1 Å². The highest BCUT2D eigenvalue weighted by Gasteiger charge is 2.19. The van der Waals surface area contributed by atoms with Crippen LogP contribution >= 0.6 is 0 Å². The molecular weight excluding hydrogens is 276 g/mol. The van der Waals surface area contributed by atoms with Gasteiger partial charge in [0.15, 0.2) is 5.82 Å². The number of nitrogens with two attached hydrogens (primary N) is 1. The number of hydrogen-bond acceptors (Lipinski definition) is 4. The quantitative estimate of drug-likeness (QED) is 0.860. The fraction of sp³-hybridized carbons (Fsp3) is 0.500. The lowest BCUT2D eigenvalue weighted by atomic mass is 10.0. The summed E-state index contributed by atoms with van der Waals surface area (Å²) >= 11 is 0. The molecule has 5 nitrogen and oxygen atoms in total.